The molecule has 0 radical (unpaired) electrons. The third-order valence-corrected chi connectivity index (χ3v) is 4.02. The van der Waals surface area contributed by atoms with E-state index in [4.69, 9.17) is 39.9 Å². The molecule has 1 heterocycles. The van der Waals surface area contributed by atoms with Crippen LogP contribution in [-0.2, 0) is 12.8 Å². The van der Waals surface area contributed by atoms with Crippen molar-refractivity contribution in [3.8, 4) is 11.3 Å². The molecule has 0 aliphatic rings. The molecule has 2 rings (SSSR count). The highest BCUT2D eigenvalue weighted by Gasteiger charge is 2.35. The lowest BCUT2D eigenvalue weighted by molar-refractivity contribution is -0.142. The van der Waals surface area contributed by atoms with Gasteiger partial charge in [0.15, 0.2) is 5.69 Å². The molecule has 112 valence electrons. The second kappa shape index (κ2) is 6.01. The fraction of sp³-hybridized carbons (Fsp3) is 0.154. The molecule has 1 N–H and O–H groups in total. The van der Waals surface area contributed by atoms with E-state index in [1.54, 1.807) is 0 Å². The van der Waals surface area contributed by atoms with Crippen molar-refractivity contribution in [2.75, 3.05) is 0 Å². The van der Waals surface area contributed by atoms with Crippen molar-refractivity contribution < 1.29 is 18.3 Å². The summed E-state index contributed by atoms with van der Waals surface area (Å²) in [5, 5.41) is 9.22. The Kier molecular flexibility index (Phi) is 4.68. The van der Waals surface area contributed by atoms with Crippen LogP contribution in [-0.4, -0.2) is 10.1 Å². The Morgan fingerprint density at radius 2 is 1.67 bits per heavy atom. The SMILES string of the molecule is OCc1ccc(-c2ccc(Cl)c(Cl)c2Cl)nc1C(F)(F)F. The average Bonchev–Trinajstić information content (AvgIpc) is 2.43. The third-order valence-electron chi connectivity index (χ3n) is 2.73. The van der Waals surface area contributed by atoms with Crippen LogP contribution in [0.15, 0.2) is 24.3 Å². The molecule has 0 saturated heterocycles. The molecule has 0 aliphatic carbocycles. The molecule has 1 aromatic carbocycles. The van der Waals surface area contributed by atoms with Crippen molar-refractivity contribution in [3.63, 3.8) is 0 Å². The van der Waals surface area contributed by atoms with Crippen molar-refractivity contribution in [2.45, 2.75) is 12.8 Å². The Bertz CT molecular complexity index is 689. The maximum atomic E-state index is 12.9. The molecule has 0 atom stereocenters. The van der Waals surface area contributed by atoms with Crippen LogP contribution in [0.3, 0.4) is 0 Å². The number of aromatic nitrogens is 1. The van der Waals surface area contributed by atoms with Gasteiger partial charge in [-0.2, -0.15) is 13.2 Å². The number of aliphatic hydroxyl groups excluding tert-OH is 1. The topological polar surface area (TPSA) is 33.1 Å². The van der Waals surface area contributed by atoms with E-state index in [2.05, 4.69) is 4.98 Å². The van der Waals surface area contributed by atoms with Gasteiger partial charge in [0.25, 0.3) is 0 Å². The number of pyridine rings is 1. The van der Waals surface area contributed by atoms with E-state index in [0.717, 1.165) is 6.07 Å². The molecule has 0 spiro atoms. The first-order valence-corrected chi connectivity index (χ1v) is 6.71. The van der Waals surface area contributed by atoms with E-state index in [9.17, 15) is 13.2 Å². The lowest BCUT2D eigenvalue weighted by atomic mass is 10.1. The van der Waals surface area contributed by atoms with Gasteiger partial charge >= 0.3 is 6.18 Å². The number of hydrogen-bond acceptors (Lipinski definition) is 2. The Hall–Kier alpha value is -1.01. The van der Waals surface area contributed by atoms with Crippen LogP contribution in [0.5, 0.6) is 0 Å². The monoisotopic (exact) mass is 355 g/mol. The minimum Gasteiger partial charge on any atom is -0.392 e. The van der Waals surface area contributed by atoms with Gasteiger partial charge in [-0.1, -0.05) is 40.9 Å². The molecular formula is C13H7Cl3F3NO. The molecule has 0 amide bonds. The fourth-order valence-corrected chi connectivity index (χ4v) is 2.37. The maximum Gasteiger partial charge on any atom is 0.433 e. The Labute approximate surface area is 133 Å². The summed E-state index contributed by atoms with van der Waals surface area (Å²) < 4.78 is 38.8. The second-order valence-electron chi connectivity index (χ2n) is 4.08. The molecule has 0 fully saturated rings. The molecule has 0 unspecified atom stereocenters. The molecule has 0 bridgehead atoms. The lowest BCUT2D eigenvalue weighted by Gasteiger charge is -2.13. The number of nitrogens with zero attached hydrogens (tertiary/aromatic N) is 1. The van der Waals surface area contributed by atoms with Crippen LogP contribution >= 0.6 is 34.8 Å². The first kappa shape index (κ1) is 16.4. The predicted octanol–water partition coefficient (Wildman–Crippen LogP) is 5.22. The average molecular weight is 357 g/mol. The quantitative estimate of drug-likeness (QED) is 0.748. The van der Waals surface area contributed by atoms with Gasteiger partial charge in [-0.15, -0.1) is 0 Å². The third kappa shape index (κ3) is 3.26. The summed E-state index contributed by atoms with van der Waals surface area (Å²) in [5.41, 5.74) is -1.27. The molecule has 8 heteroatoms. The Morgan fingerprint density at radius 1 is 1.00 bits per heavy atom. The van der Waals surface area contributed by atoms with Gasteiger partial charge in [-0.05, 0) is 18.2 Å². The Morgan fingerprint density at radius 3 is 2.24 bits per heavy atom. The van der Waals surface area contributed by atoms with Crippen LogP contribution in [0.25, 0.3) is 11.3 Å². The van der Waals surface area contributed by atoms with Gasteiger partial charge in [0.1, 0.15) is 0 Å². The Balaban J connectivity index is 2.64. The largest absolute Gasteiger partial charge is 0.433 e. The van der Waals surface area contributed by atoms with E-state index < -0.39 is 18.5 Å². The normalized spacial score (nSPS) is 11.8. The van der Waals surface area contributed by atoms with Crippen LogP contribution in [0.1, 0.15) is 11.3 Å². The molecule has 0 saturated carbocycles. The summed E-state index contributed by atoms with van der Waals surface area (Å²) in [7, 11) is 0. The van der Waals surface area contributed by atoms with E-state index in [1.165, 1.54) is 18.2 Å². The summed E-state index contributed by atoms with van der Waals surface area (Å²) in [5.74, 6) is 0. The van der Waals surface area contributed by atoms with Gasteiger partial charge in [-0.3, -0.25) is 0 Å². The van der Waals surface area contributed by atoms with Crippen LogP contribution in [0.2, 0.25) is 15.1 Å². The second-order valence-corrected chi connectivity index (χ2v) is 5.25. The molecule has 1 aromatic heterocycles. The minimum absolute atomic E-state index is 0.0110. The predicted molar refractivity (Wildman–Crippen MR) is 75.6 cm³/mol. The highest BCUT2D eigenvalue weighted by molar-refractivity contribution is 6.49. The summed E-state index contributed by atoms with van der Waals surface area (Å²) in [6.45, 7) is -0.767. The molecule has 2 aromatic rings. The lowest BCUT2D eigenvalue weighted by Crippen LogP contribution is -2.12. The van der Waals surface area contributed by atoms with Crippen LogP contribution in [0.4, 0.5) is 13.2 Å². The molecule has 0 aliphatic heterocycles. The summed E-state index contributed by atoms with van der Waals surface area (Å²) in [4.78, 5) is 3.55. The van der Waals surface area contributed by atoms with E-state index in [0.29, 0.717) is 0 Å². The summed E-state index contributed by atoms with van der Waals surface area (Å²) >= 11 is 17.6. The van der Waals surface area contributed by atoms with E-state index in [1.807, 2.05) is 0 Å². The van der Waals surface area contributed by atoms with Gasteiger partial charge in [-0.25, -0.2) is 4.98 Å². The highest BCUT2D eigenvalue weighted by Crippen LogP contribution is 2.39. The van der Waals surface area contributed by atoms with Crippen molar-refractivity contribution >= 4 is 34.8 Å². The number of alkyl halides is 3. The van der Waals surface area contributed by atoms with Gasteiger partial charge < -0.3 is 5.11 Å². The first-order valence-electron chi connectivity index (χ1n) is 5.57. The highest BCUT2D eigenvalue weighted by atomic mass is 35.5. The van der Waals surface area contributed by atoms with Crippen molar-refractivity contribution in [3.05, 3.63) is 50.6 Å². The number of halogens is 6. The summed E-state index contributed by atoms with van der Waals surface area (Å²) in [6.07, 6.45) is -4.68. The van der Waals surface area contributed by atoms with Gasteiger partial charge in [0.2, 0.25) is 0 Å². The number of aliphatic hydroxyl groups is 1. The number of rotatable bonds is 2. The maximum absolute atomic E-state index is 12.9. The zero-order valence-corrected chi connectivity index (χ0v) is 12.4. The van der Waals surface area contributed by atoms with Crippen LogP contribution < -0.4 is 0 Å². The molecule has 21 heavy (non-hydrogen) atoms. The van der Waals surface area contributed by atoms with Crippen molar-refractivity contribution in [1.29, 1.82) is 0 Å². The van der Waals surface area contributed by atoms with Crippen molar-refractivity contribution in [2.24, 2.45) is 0 Å². The number of benzene rings is 1. The fourth-order valence-electron chi connectivity index (χ4n) is 1.73. The first-order chi connectivity index (χ1) is 9.75. The standard InChI is InChI=1S/C13H7Cl3F3NO/c14-8-3-2-7(10(15)11(8)16)9-4-1-6(5-21)12(20-9)13(17,18)19/h1-4,21H,5H2. The van der Waals surface area contributed by atoms with E-state index >= 15 is 0 Å². The van der Waals surface area contributed by atoms with E-state index in [-0.39, 0.29) is 31.9 Å². The van der Waals surface area contributed by atoms with Crippen LogP contribution in [0, 0.1) is 0 Å². The smallest absolute Gasteiger partial charge is 0.392 e. The zero-order chi connectivity index (χ0) is 15.8. The molecular weight excluding hydrogens is 350 g/mol. The van der Waals surface area contributed by atoms with Crippen molar-refractivity contribution in [1.82, 2.24) is 4.98 Å². The van der Waals surface area contributed by atoms with Gasteiger partial charge in [0.05, 0.1) is 27.4 Å². The van der Waals surface area contributed by atoms with Gasteiger partial charge in [0, 0.05) is 11.1 Å². The minimum atomic E-state index is -4.68. The number of hydrogen-bond donors (Lipinski definition) is 1. The zero-order valence-electron chi connectivity index (χ0n) is 10.2. The molecule has 2 nitrogen and oxygen atoms in total. The summed E-state index contributed by atoms with van der Waals surface area (Å²) in [6, 6.07) is 5.31.